The summed E-state index contributed by atoms with van der Waals surface area (Å²) >= 11 is 0. The summed E-state index contributed by atoms with van der Waals surface area (Å²) in [6.07, 6.45) is 1.12. The van der Waals surface area contributed by atoms with Gasteiger partial charge in [0.05, 0.1) is 5.41 Å². The second-order valence-corrected chi connectivity index (χ2v) is 5.62. The van der Waals surface area contributed by atoms with E-state index >= 15 is 0 Å². The highest BCUT2D eigenvalue weighted by molar-refractivity contribution is 5.87. The van der Waals surface area contributed by atoms with Crippen LogP contribution in [0.2, 0.25) is 0 Å². The molecule has 0 aliphatic heterocycles. The van der Waals surface area contributed by atoms with Crippen LogP contribution in [0.15, 0.2) is 28.8 Å². The van der Waals surface area contributed by atoms with Crippen LogP contribution in [0.4, 0.5) is 0 Å². The maximum absolute atomic E-state index is 12.6. The van der Waals surface area contributed by atoms with Crippen LogP contribution in [0.3, 0.4) is 0 Å². The molecule has 0 amide bonds. The van der Waals surface area contributed by atoms with E-state index in [9.17, 15) is 4.79 Å². The number of benzene rings is 1. The van der Waals surface area contributed by atoms with Crippen molar-refractivity contribution in [2.45, 2.75) is 45.1 Å². The van der Waals surface area contributed by atoms with E-state index in [0.717, 1.165) is 24.0 Å². The second-order valence-electron chi connectivity index (χ2n) is 5.62. The zero-order valence-electron chi connectivity index (χ0n) is 12.4. The molecule has 0 saturated heterocycles. The molecule has 1 saturated carbocycles. The molecule has 2 aromatic rings. The van der Waals surface area contributed by atoms with E-state index < -0.39 is 11.5 Å². The lowest BCUT2D eigenvalue weighted by Gasteiger charge is -2.18. The highest BCUT2D eigenvalue weighted by Crippen LogP contribution is 2.50. The second kappa shape index (κ2) is 4.98. The third-order valence-electron chi connectivity index (χ3n) is 3.98. The largest absolute Gasteiger partial charge is 0.452 e. The molecule has 1 unspecified atom stereocenters. The quantitative estimate of drug-likeness (QED) is 0.808. The van der Waals surface area contributed by atoms with Gasteiger partial charge in [0.15, 0.2) is 11.9 Å². The Bertz CT molecular complexity index is 674. The van der Waals surface area contributed by atoms with Crippen molar-refractivity contribution in [3.63, 3.8) is 0 Å². The van der Waals surface area contributed by atoms with Crippen molar-refractivity contribution in [1.82, 2.24) is 10.1 Å². The number of aryl methyl sites for hydroxylation is 2. The minimum absolute atomic E-state index is 0.208. The fourth-order valence-corrected chi connectivity index (χ4v) is 2.62. The number of hydrogen-bond acceptors (Lipinski definition) is 5. The number of hydrogen-bond donors (Lipinski definition) is 0. The molecular weight excluding hydrogens is 268 g/mol. The molecule has 21 heavy (non-hydrogen) atoms. The smallest absolute Gasteiger partial charge is 0.317 e. The lowest BCUT2D eigenvalue weighted by molar-refractivity contribution is -0.153. The number of aromatic nitrogens is 2. The summed E-state index contributed by atoms with van der Waals surface area (Å²) in [5.74, 6) is 0.662. The van der Waals surface area contributed by atoms with Crippen LogP contribution in [-0.2, 0) is 14.9 Å². The maximum Gasteiger partial charge on any atom is 0.317 e. The molecule has 0 bridgehead atoms. The van der Waals surface area contributed by atoms with Crippen molar-refractivity contribution in [3.8, 4) is 0 Å². The zero-order valence-corrected chi connectivity index (χ0v) is 12.4. The molecule has 1 aromatic heterocycles. The summed E-state index contributed by atoms with van der Waals surface area (Å²) < 4.78 is 10.6. The molecular formula is C16H18N2O3. The van der Waals surface area contributed by atoms with Gasteiger partial charge in [0.2, 0.25) is 0 Å². The molecule has 5 nitrogen and oxygen atoms in total. The van der Waals surface area contributed by atoms with Crippen molar-refractivity contribution in [2.24, 2.45) is 0 Å². The topological polar surface area (TPSA) is 65.2 Å². The Kier molecular flexibility index (Phi) is 3.27. The van der Waals surface area contributed by atoms with E-state index in [0.29, 0.717) is 11.7 Å². The molecule has 0 radical (unpaired) electrons. The molecule has 1 aliphatic carbocycles. The van der Waals surface area contributed by atoms with Crippen LogP contribution < -0.4 is 0 Å². The Morgan fingerprint density at radius 1 is 1.33 bits per heavy atom. The molecule has 1 heterocycles. The number of esters is 1. The molecule has 5 heteroatoms. The molecule has 0 spiro atoms. The van der Waals surface area contributed by atoms with E-state index in [4.69, 9.17) is 9.26 Å². The van der Waals surface area contributed by atoms with Crippen molar-refractivity contribution in [1.29, 1.82) is 0 Å². The lowest BCUT2D eigenvalue weighted by atomic mass is 9.92. The average molecular weight is 286 g/mol. The van der Waals surface area contributed by atoms with Gasteiger partial charge in [0.25, 0.3) is 5.89 Å². The van der Waals surface area contributed by atoms with Gasteiger partial charge in [0, 0.05) is 0 Å². The average Bonchev–Trinajstić information content (AvgIpc) is 3.15. The van der Waals surface area contributed by atoms with Gasteiger partial charge in [-0.1, -0.05) is 29.4 Å². The van der Waals surface area contributed by atoms with Crippen molar-refractivity contribution in [3.05, 3.63) is 47.1 Å². The maximum atomic E-state index is 12.6. The van der Waals surface area contributed by atoms with E-state index in [1.807, 2.05) is 31.2 Å². The predicted octanol–water partition coefficient (Wildman–Crippen LogP) is 3.02. The third-order valence-corrected chi connectivity index (χ3v) is 3.98. The van der Waals surface area contributed by atoms with Gasteiger partial charge >= 0.3 is 5.97 Å². The van der Waals surface area contributed by atoms with E-state index in [2.05, 4.69) is 10.1 Å². The standard InChI is InChI=1S/C16H18N2O3/c1-10-6-4-5-7-13(10)16(8-9-16)15(19)20-11(2)14-17-12(3)18-21-14/h4-7,11H,8-9H2,1-3H3. The Morgan fingerprint density at radius 2 is 2.05 bits per heavy atom. The summed E-state index contributed by atoms with van der Waals surface area (Å²) in [7, 11) is 0. The highest BCUT2D eigenvalue weighted by Gasteiger charge is 2.54. The molecule has 1 atom stereocenters. The van der Waals surface area contributed by atoms with Crippen LogP contribution in [0.5, 0.6) is 0 Å². The van der Waals surface area contributed by atoms with Gasteiger partial charge in [0.1, 0.15) is 0 Å². The van der Waals surface area contributed by atoms with Crippen molar-refractivity contribution >= 4 is 5.97 Å². The Hall–Kier alpha value is -2.17. The minimum atomic E-state index is -0.528. The fraction of sp³-hybridized carbons (Fsp3) is 0.438. The summed E-state index contributed by atoms with van der Waals surface area (Å²) in [5, 5.41) is 3.72. The first-order valence-corrected chi connectivity index (χ1v) is 7.10. The Labute approximate surface area is 123 Å². The normalized spacial score (nSPS) is 17.3. The number of carbonyl (C=O) groups excluding carboxylic acids is 1. The molecule has 1 fully saturated rings. The van der Waals surface area contributed by atoms with Gasteiger partial charge in [-0.15, -0.1) is 0 Å². The Morgan fingerprint density at radius 3 is 2.62 bits per heavy atom. The van der Waals surface area contributed by atoms with Crippen LogP contribution in [0.25, 0.3) is 0 Å². The lowest BCUT2D eigenvalue weighted by Crippen LogP contribution is -2.25. The van der Waals surface area contributed by atoms with Gasteiger partial charge < -0.3 is 9.26 Å². The molecule has 110 valence electrons. The number of carbonyl (C=O) groups is 1. The van der Waals surface area contributed by atoms with Crippen LogP contribution in [0, 0.1) is 13.8 Å². The van der Waals surface area contributed by atoms with Gasteiger partial charge in [-0.2, -0.15) is 4.98 Å². The van der Waals surface area contributed by atoms with Gasteiger partial charge in [-0.3, -0.25) is 4.79 Å². The molecule has 3 rings (SSSR count). The number of rotatable bonds is 4. The van der Waals surface area contributed by atoms with Gasteiger partial charge in [-0.25, -0.2) is 0 Å². The van der Waals surface area contributed by atoms with Crippen molar-refractivity contribution < 1.29 is 14.1 Å². The molecule has 0 N–H and O–H groups in total. The van der Waals surface area contributed by atoms with Crippen LogP contribution in [-0.4, -0.2) is 16.1 Å². The summed E-state index contributed by atoms with van der Waals surface area (Å²) in [4.78, 5) is 16.7. The third kappa shape index (κ3) is 2.44. The summed E-state index contributed by atoms with van der Waals surface area (Å²) in [6, 6.07) is 7.96. The monoisotopic (exact) mass is 286 g/mol. The predicted molar refractivity (Wildman–Crippen MR) is 75.6 cm³/mol. The minimum Gasteiger partial charge on any atom is -0.452 e. The van der Waals surface area contributed by atoms with Gasteiger partial charge in [-0.05, 0) is 44.7 Å². The van der Waals surface area contributed by atoms with Crippen molar-refractivity contribution in [2.75, 3.05) is 0 Å². The Balaban J connectivity index is 1.78. The SMILES string of the molecule is Cc1noc(C(C)OC(=O)C2(c3ccccc3C)CC2)n1. The first-order chi connectivity index (χ1) is 10.0. The van der Waals surface area contributed by atoms with Crippen LogP contribution in [0.1, 0.15) is 48.7 Å². The van der Waals surface area contributed by atoms with E-state index in [1.165, 1.54) is 0 Å². The number of ether oxygens (including phenoxy) is 1. The molecule has 1 aliphatic rings. The first-order valence-electron chi connectivity index (χ1n) is 7.10. The zero-order chi connectivity index (χ0) is 15.0. The van der Waals surface area contributed by atoms with E-state index in [1.54, 1.807) is 13.8 Å². The highest BCUT2D eigenvalue weighted by atomic mass is 16.6. The first kappa shape index (κ1) is 13.8. The molecule has 1 aromatic carbocycles. The van der Waals surface area contributed by atoms with E-state index in [-0.39, 0.29) is 5.97 Å². The summed E-state index contributed by atoms with van der Waals surface area (Å²) in [5.41, 5.74) is 1.69. The number of nitrogens with zero attached hydrogens (tertiary/aromatic N) is 2. The summed E-state index contributed by atoms with van der Waals surface area (Å²) in [6.45, 7) is 5.50. The van der Waals surface area contributed by atoms with Crippen LogP contribution >= 0.6 is 0 Å². The fourth-order valence-electron chi connectivity index (χ4n) is 2.62.